The third-order valence-corrected chi connectivity index (χ3v) is 6.74. The molecule has 0 saturated carbocycles. The lowest BCUT2D eigenvalue weighted by atomic mass is 9.91. The van der Waals surface area contributed by atoms with E-state index in [2.05, 4.69) is 19.2 Å². The molecule has 0 radical (unpaired) electrons. The Morgan fingerprint density at radius 1 is 1.12 bits per heavy atom. The monoisotopic (exact) mass is 455 g/mol. The number of thioether (sulfide) groups is 1. The summed E-state index contributed by atoms with van der Waals surface area (Å²) >= 11 is 1.32. The van der Waals surface area contributed by atoms with Gasteiger partial charge in [-0.05, 0) is 61.9 Å². The van der Waals surface area contributed by atoms with Crippen molar-refractivity contribution in [1.82, 2.24) is 4.90 Å². The number of carbonyl (C=O) groups excluding carboxylic acids is 2. The van der Waals surface area contributed by atoms with E-state index in [1.165, 1.54) is 23.9 Å². The Morgan fingerprint density at radius 3 is 2.34 bits per heavy atom. The fourth-order valence-electron chi connectivity index (χ4n) is 4.04. The summed E-state index contributed by atoms with van der Waals surface area (Å²) in [6.45, 7) is 9.51. The van der Waals surface area contributed by atoms with Crippen molar-refractivity contribution in [2.24, 2.45) is 11.8 Å². The van der Waals surface area contributed by atoms with Crippen LogP contribution in [0.5, 0.6) is 0 Å². The highest BCUT2D eigenvalue weighted by molar-refractivity contribution is 8.00. The molecular formula is C24H29N3O4S. The van der Waals surface area contributed by atoms with Crippen LogP contribution in [0, 0.1) is 28.9 Å². The van der Waals surface area contributed by atoms with Gasteiger partial charge in [0, 0.05) is 41.4 Å². The Labute approximate surface area is 192 Å². The molecule has 2 aromatic rings. The smallest absolute Gasteiger partial charge is 0.269 e. The van der Waals surface area contributed by atoms with Gasteiger partial charge in [0.05, 0.1) is 10.2 Å². The van der Waals surface area contributed by atoms with Crippen molar-refractivity contribution < 1.29 is 14.5 Å². The van der Waals surface area contributed by atoms with Crippen LogP contribution in [0.25, 0.3) is 0 Å². The van der Waals surface area contributed by atoms with Crippen LogP contribution in [0.3, 0.4) is 0 Å². The summed E-state index contributed by atoms with van der Waals surface area (Å²) in [7, 11) is 0. The second-order valence-electron chi connectivity index (χ2n) is 8.69. The molecule has 0 aliphatic carbocycles. The normalized spacial score (nSPS) is 19.3. The number of hydrogen-bond donors (Lipinski definition) is 1. The van der Waals surface area contributed by atoms with Gasteiger partial charge >= 0.3 is 0 Å². The van der Waals surface area contributed by atoms with E-state index in [0.717, 1.165) is 30.0 Å². The molecule has 1 N–H and O–H groups in total. The molecule has 3 atom stereocenters. The van der Waals surface area contributed by atoms with Gasteiger partial charge in [-0.3, -0.25) is 19.7 Å². The van der Waals surface area contributed by atoms with E-state index in [9.17, 15) is 19.7 Å². The minimum absolute atomic E-state index is 0.00722. The SMILES string of the molecule is Cc1ccc(C(=O)N2CC(C)CC(C)C2)cc1NC(=O)C(C)Sc1ccc([N+](=O)[O-])cc1. The molecule has 1 fully saturated rings. The summed E-state index contributed by atoms with van der Waals surface area (Å²) in [5.74, 6) is 0.753. The third kappa shape index (κ3) is 5.88. The predicted molar refractivity (Wildman–Crippen MR) is 127 cm³/mol. The number of nitro benzene ring substituents is 1. The molecule has 0 spiro atoms. The number of non-ortho nitro benzene ring substituents is 1. The van der Waals surface area contributed by atoms with Crippen LogP contribution in [-0.2, 0) is 4.79 Å². The molecule has 3 unspecified atom stereocenters. The molecule has 2 aromatic carbocycles. The van der Waals surface area contributed by atoms with E-state index in [4.69, 9.17) is 0 Å². The quantitative estimate of drug-likeness (QED) is 0.370. The van der Waals surface area contributed by atoms with Gasteiger partial charge in [0.1, 0.15) is 0 Å². The lowest BCUT2D eigenvalue weighted by Gasteiger charge is -2.35. The third-order valence-electron chi connectivity index (χ3n) is 5.63. The summed E-state index contributed by atoms with van der Waals surface area (Å²) in [6.07, 6.45) is 1.13. The average Bonchev–Trinajstić information content (AvgIpc) is 2.74. The van der Waals surface area contributed by atoms with Crippen LogP contribution < -0.4 is 5.32 Å². The first-order valence-electron chi connectivity index (χ1n) is 10.8. The molecule has 7 nitrogen and oxygen atoms in total. The van der Waals surface area contributed by atoms with Gasteiger partial charge in [0.25, 0.3) is 11.6 Å². The standard InChI is InChI=1S/C24H29N3O4S/c1-15-11-16(2)14-26(13-15)24(29)19-6-5-17(3)22(12-19)25-23(28)18(4)32-21-9-7-20(8-10-21)27(30)31/h5-10,12,15-16,18H,11,13-14H2,1-4H3,(H,25,28). The second kappa shape index (κ2) is 10.2. The minimum atomic E-state index is -0.452. The van der Waals surface area contributed by atoms with Crippen molar-refractivity contribution in [2.75, 3.05) is 18.4 Å². The maximum atomic E-state index is 13.1. The van der Waals surface area contributed by atoms with E-state index >= 15 is 0 Å². The molecular weight excluding hydrogens is 426 g/mol. The molecule has 2 amide bonds. The number of benzene rings is 2. The number of likely N-dealkylation sites (tertiary alicyclic amines) is 1. The van der Waals surface area contributed by atoms with Crippen molar-refractivity contribution in [3.05, 3.63) is 63.7 Å². The fourth-order valence-corrected chi connectivity index (χ4v) is 4.91. The molecule has 0 bridgehead atoms. The zero-order valence-corrected chi connectivity index (χ0v) is 19.6. The number of anilines is 1. The van der Waals surface area contributed by atoms with Crippen LogP contribution in [0.4, 0.5) is 11.4 Å². The van der Waals surface area contributed by atoms with Crippen molar-refractivity contribution in [3.63, 3.8) is 0 Å². The number of nitrogens with zero attached hydrogens (tertiary/aromatic N) is 2. The second-order valence-corrected chi connectivity index (χ2v) is 10.1. The van der Waals surface area contributed by atoms with Crippen LogP contribution >= 0.6 is 11.8 Å². The van der Waals surface area contributed by atoms with Gasteiger partial charge in [0.2, 0.25) is 5.91 Å². The molecule has 1 aliphatic rings. The van der Waals surface area contributed by atoms with Crippen LogP contribution in [0.2, 0.25) is 0 Å². The zero-order valence-electron chi connectivity index (χ0n) is 18.8. The first kappa shape index (κ1) is 23.8. The predicted octanol–water partition coefficient (Wildman–Crippen LogP) is 5.14. The van der Waals surface area contributed by atoms with E-state index in [1.807, 2.05) is 24.0 Å². The van der Waals surface area contributed by atoms with E-state index < -0.39 is 10.2 Å². The Bertz CT molecular complexity index is 999. The molecule has 32 heavy (non-hydrogen) atoms. The highest BCUT2D eigenvalue weighted by atomic mass is 32.2. The number of nitro groups is 1. The summed E-state index contributed by atoms with van der Waals surface area (Å²) in [4.78, 5) is 38.8. The van der Waals surface area contributed by atoms with Crippen molar-refractivity contribution in [1.29, 1.82) is 0 Å². The number of nitrogens with one attached hydrogen (secondary N) is 1. The largest absolute Gasteiger partial charge is 0.338 e. The fraction of sp³-hybridized carbons (Fsp3) is 0.417. The Hall–Kier alpha value is -2.87. The lowest BCUT2D eigenvalue weighted by Crippen LogP contribution is -2.42. The van der Waals surface area contributed by atoms with Gasteiger partial charge in [-0.25, -0.2) is 0 Å². The highest BCUT2D eigenvalue weighted by Gasteiger charge is 2.26. The van der Waals surface area contributed by atoms with E-state index in [0.29, 0.717) is 23.1 Å². The van der Waals surface area contributed by atoms with Gasteiger partial charge in [0.15, 0.2) is 0 Å². The number of aryl methyl sites for hydroxylation is 1. The lowest BCUT2D eigenvalue weighted by molar-refractivity contribution is -0.384. The van der Waals surface area contributed by atoms with Crippen molar-refractivity contribution in [2.45, 2.75) is 44.3 Å². The zero-order chi connectivity index (χ0) is 23.4. The number of carbonyl (C=O) groups is 2. The molecule has 1 aliphatic heterocycles. The summed E-state index contributed by atoms with van der Waals surface area (Å²) in [5, 5.41) is 13.3. The van der Waals surface area contributed by atoms with Gasteiger partial charge < -0.3 is 10.2 Å². The van der Waals surface area contributed by atoms with Crippen LogP contribution in [0.15, 0.2) is 47.4 Å². The molecule has 8 heteroatoms. The topological polar surface area (TPSA) is 92.6 Å². The minimum Gasteiger partial charge on any atom is -0.338 e. The highest BCUT2D eigenvalue weighted by Crippen LogP contribution is 2.28. The average molecular weight is 456 g/mol. The van der Waals surface area contributed by atoms with Crippen LogP contribution in [-0.4, -0.2) is 40.0 Å². The molecule has 170 valence electrons. The van der Waals surface area contributed by atoms with E-state index in [-0.39, 0.29) is 17.5 Å². The molecule has 1 saturated heterocycles. The van der Waals surface area contributed by atoms with Crippen molar-refractivity contribution >= 4 is 35.0 Å². The Balaban J connectivity index is 1.67. The Morgan fingerprint density at radius 2 is 1.75 bits per heavy atom. The summed E-state index contributed by atoms with van der Waals surface area (Å²) < 4.78 is 0. The molecule has 3 rings (SSSR count). The van der Waals surface area contributed by atoms with E-state index in [1.54, 1.807) is 25.1 Å². The number of rotatable bonds is 6. The maximum Gasteiger partial charge on any atom is 0.269 e. The maximum absolute atomic E-state index is 13.1. The summed E-state index contributed by atoms with van der Waals surface area (Å²) in [6, 6.07) is 11.5. The van der Waals surface area contributed by atoms with Gasteiger partial charge in [-0.15, -0.1) is 11.8 Å². The van der Waals surface area contributed by atoms with Gasteiger partial charge in [-0.2, -0.15) is 0 Å². The van der Waals surface area contributed by atoms with Gasteiger partial charge in [-0.1, -0.05) is 19.9 Å². The van der Waals surface area contributed by atoms with Crippen molar-refractivity contribution in [3.8, 4) is 0 Å². The molecule has 1 heterocycles. The number of hydrogen-bond acceptors (Lipinski definition) is 5. The first-order valence-corrected chi connectivity index (χ1v) is 11.6. The first-order chi connectivity index (χ1) is 15.1. The molecule has 0 aromatic heterocycles. The Kier molecular flexibility index (Phi) is 7.56. The van der Waals surface area contributed by atoms with Crippen LogP contribution in [0.1, 0.15) is 43.1 Å². The number of piperidine rings is 1. The number of amides is 2. The summed E-state index contributed by atoms with van der Waals surface area (Å²) in [5.41, 5.74) is 2.09.